The van der Waals surface area contributed by atoms with E-state index >= 15 is 0 Å². The van der Waals surface area contributed by atoms with E-state index < -0.39 is 0 Å². The predicted molar refractivity (Wildman–Crippen MR) is 129 cm³/mol. The molecule has 5 rings (SSSR count). The van der Waals surface area contributed by atoms with E-state index in [9.17, 15) is 0 Å². The third-order valence-corrected chi connectivity index (χ3v) is 6.03. The Morgan fingerprint density at radius 1 is 0.844 bits per heavy atom. The zero-order valence-corrected chi connectivity index (χ0v) is 18.5. The van der Waals surface area contributed by atoms with Crippen molar-refractivity contribution in [3.05, 3.63) is 72.6 Å². The minimum atomic E-state index is 0.361. The molecule has 0 bridgehead atoms. The van der Waals surface area contributed by atoms with Crippen LogP contribution in [0.15, 0.2) is 60.9 Å². The highest BCUT2D eigenvalue weighted by molar-refractivity contribution is 5.71. The molecule has 1 aliphatic rings. The van der Waals surface area contributed by atoms with E-state index in [-0.39, 0.29) is 0 Å². The lowest BCUT2D eigenvalue weighted by atomic mass is 10.0. The molecule has 0 unspecified atom stereocenters. The number of nitrogens with zero attached hydrogens (tertiary/aromatic N) is 2. The standard InChI is InChI=1S/C26H30N6/c1-2-13-27-17-25-29-15-23(31-25)20-9-5-18(6-10-20)19-7-11-21(12-8-19)24-16-30-26(32-24)22-4-3-14-28-22/h5-12,15-16,22,27-28H,2-4,13-14,17H2,1H3,(H,29,31)(H,30,32)/t22-/m0/s1. The first-order valence-corrected chi connectivity index (χ1v) is 11.5. The second-order valence-electron chi connectivity index (χ2n) is 8.38. The molecule has 0 amide bonds. The molecule has 1 fully saturated rings. The van der Waals surface area contributed by atoms with Gasteiger partial charge in [0.15, 0.2) is 0 Å². The molecule has 4 N–H and O–H groups in total. The summed E-state index contributed by atoms with van der Waals surface area (Å²) in [6, 6.07) is 17.6. The van der Waals surface area contributed by atoms with E-state index in [4.69, 9.17) is 9.97 Å². The Morgan fingerprint density at radius 3 is 2.09 bits per heavy atom. The Morgan fingerprint density at radius 2 is 1.47 bits per heavy atom. The maximum absolute atomic E-state index is 4.80. The number of aromatic nitrogens is 4. The largest absolute Gasteiger partial charge is 0.347 e. The second-order valence-corrected chi connectivity index (χ2v) is 8.38. The van der Waals surface area contributed by atoms with Gasteiger partial charge >= 0.3 is 0 Å². The lowest BCUT2D eigenvalue weighted by Gasteiger charge is -2.06. The van der Waals surface area contributed by atoms with Gasteiger partial charge in [-0.25, -0.2) is 9.97 Å². The fourth-order valence-corrected chi connectivity index (χ4v) is 4.23. The predicted octanol–water partition coefficient (Wildman–Crippen LogP) is 5.06. The fraction of sp³-hybridized carbons (Fsp3) is 0.308. The Kier molecular flexibility index (Phi) is 6.14. The highest BCUT2D eigenvalue weighted by atomic mass is 15.0. The molecule has 0 spiro atoms. The molecule has 6 nitrogen and oxygen atoms in total. The van der Waals surface area contributed by atoms with Gasteiger partial charge in [0, 0.05) is 23.5 Å². The summed E-state index contributed by atoms with van der Waals surface area (Å²) in [6.45, 7) is 5.01. The van der Waals surface area contributed by atoms with Crippen molar-refractivity contribution in [1.29, 1.82) is 0 Å². The lowest BCUT2D eigenvalue weighted by molar-refractivity contribution is 0.613. The number of aromatic amines is 2. The van der Waals surface area contributed by atoms with Gasteiger partial charge in [-0.1, -0.05) is 55.5 Å². The molecule has 164 valence electrons. The van der Waals surface area contributed by atoms with Crippen LogP contribution in [0.25, 0.3) is 33.6 Å². The van der Waals surface area contributed by atoms with Gasteiger partial charge in [-0.2, -0.15) is 0 Å². The number of rotatable bonds is 8. The highest BCUT2D eigenvalue weighted by Crippen LogP contribution is 2.28. The summed E-state index contributed by atoms with van der Waals surface area (Å²) < 4.78 is 0. The Bertz CT molecular complexity index is 1130. The highest BCUT2D eigenvalue weighted by Gasteiger charge is 2.19. The third kappa shape index (κ3) is 4.52. The molecule has 0 saturated carbocycles. The van der Waals surface area contributed by atoms with Gasteiger partial charge in [0.2, 0.25) is 0 Å². The number of hydrogen-bond donors (Lipinski definition) is 4. The molecule has 2 aromatic heterocycles. The smallest absolute Gasteiger partial charge is 0.124 e. The fourth-order valence-electron chi connectivity index (χ4n) is 4.23. The van der Waals surface area contributed by atoms with Crippen molar-refractivity contribution in [3.8, 4) is 33.6 Å². The number of hydrogen-bond acceptors (Lipinski definition) is 4. The van der Waals surface area contributed by atoms with Crippen molar-refractivity contribution in [2.45, 2.75) is 38.8 Å². The zero-order chi connectivity index (χ0) is 21.8. The first-order chi connectivity index (χ1) is 15.8. The maximum Gasteiger partial charge on any atom is 0.124 e. The van der Waals surface area contributed by atoms with E-state index in [2.05, 4.69) is 76.1 Å². The van der Waals surface area contributed by atoms with Gasteiger partial charge in [-0.05, 0) is 43.5 Å². The molecular formula is C26H30N6. The van der Waals surface area contributed by atoms with Crippen LogP contribution in [0.4, 0.5) is 0 Å². The molecule has 4 aromatic rings. The van der Waals surface area contributed by atoms with Crippen molar-refractivity contribution in [2.75, 3.05) is 13.1 Å². The van der Waals surface area contributed by atoms with E-state index in [1.807, 2.05) is 12.4 Å². The van der Waals surface area contributed by atoms with Crippen LogP contribution >= 0.6 is 0 Å². The number of benzene rings is 2. The van der Waals surface area contributed by atoms with Crippen LogP contribution in [0, 0.1) is 0 Å². The van der Waals surface area contributed by atoms with Crippen LogP contribution in [-0.2, 0) is 6.54 Å². The first-order valence-electron chi connectivity index (χ1n) is 11.5. The lowest BCUT2D eigenvalue weighted by Crippen LogP contribution is -2.14. The second kappa shape index (κ2) is 9.51. The molecule has 1 aliphatic heterocycles. The minimum absolute atomic E-state index is 0.361. The van der Waals surface area contributed by atoms with Gasteiger partial charge in [0.25, 0.3) is 0 Å². The van der Waals surface area contributed by atoms with Crippen molar-refractivity contribution in [2.24, 2.45) is 0 Å². The first kappa shape index (κ1) is 20.7. The number of nitrogens with one attached hydrogen (secondary N) is 4. The zero-order valence-electron chi connectivity index (χ0n) is 18.5. The minimum Gasteiger partial charge on any atom is -0.347 e. The molecule has 2 aromatic carbocycles. The van der Waals surface area contributed by atoms with Gasteiger partial charge in [-0.3, -0.25) is 0 Å². The topological polar surface area (TPSA) is 81.4 Å². The summed E-state index contributed by atoms with van der Waals surface area (Å²) in [5, 5.41) is 6.87. The SMILES string of the molecule is CCCNCc1nc(-c2ccc(-c3ccc(-c4c[nH]c([C@@H]5CCCN5)n4)cc3)cc2)c[nH]1. The Balaban J connectivity index is 1.26. The van der Waals surface area contributed by atoms with Crippen LogP contribution in [0.3, 0.4) is 0 Å². The summed E-state index contributed by atoms with van der Waals surface area (Å²) in [5.74, 6) is 2.01. The van der Waals surface area contributed by atoms with Gasteiger partial charge in [0.1, 0.15) is 11.6 Å². The molecule has 3 heterocycles. The maximum atomic E-state index is 4.80. The monoisotopic (exact) mass is 426 g/mol. The van der Waals surface area contributed by atoms with E-state index in [0.717, 1.165) is 66.6 Å². The van der Waals surface area contributed by atoms with Gasteiger partial charge in [-0.15, -0.1) is 0 Å². The summed E-state index contributed by atoms with van der Waals surface area (Å²) in [6.07, 6.45) is 7.47. The van der Waals surface area contributed by atoms with Crippen LogP contribution in [-0.4, -0.2) is 33.0 Å². The van der Waals surface area contributed by atoms with Crippen molar-refractivity contribution < 1.29 is 0 Å². The Labute approximate surface area is 188 Å². The Hall–Kier alpha value is -3.22. The van der Waals surface area contributed by atoms with Crippen LogP contribution in [0.2, 0.25) is 0 Å². The quantitative estimate of drug-likeness (QED) is 0.297. The molecule has 0 radical (unpaired) electrons. The van der Waals surface area contributed by atoms with Crippen LogP contribution in [0.5, 0.6) is 0 Å². The van der Waals surface area contributed by atoms with E-state index in [1.54, 1.807) is 0 Å². The van der Waals surface area contributed by atoms with Gasteiger partial charge < -0.3 is 20.6 Å². The average Bonchev–Trinajstić information content (AvgIpc) is 3.61. The summed E-state index contributed by atoms with van der Waals surface area (Å²) >= 11 is 0. The summed E-state index contributed by atoms with van der Waals surface area (Å²) in [5.41, 5.74) is 6.61. The number of H-pyrrole nitrogens is 2. The average molecular weight is 427 g/mol. The van der Waals surface area contributed by atoms with Crippen molar-refractivity contribution in [1.82, 2.24) is 30.6 Å². The van der Waals surface area contributed by atoms with Crippen molar-refractivity contribution in [3.63, 3.8) is 0 Å². The van der Waals surface area contributed by atoms with Crippen LogP contribution in [0.1, 0.15) is 43.9 Å². The molecule has 1 saturated heterocycles. The molecular weight excluding hydrogens is 396 g/mol. The third-order valence-electron chi connectivity index (χ3n) is 6.03. The molecule has 1 atom stereocenters. The molecule has 0 aliphatic carbocycles. The van der Waals surface area contributed by atoms with Crippen LogP contribution < -0.4 is 10.6 Å². The molecule has 32 heavy (non-hydrogen) atoms. The van der Waals surface area contributed by atoms with Crippen molar-refractivity contribution >= 4 is 0 Å². The normalized spacial score (nSPS) is 16.0. The van der Waals surface area contributed by atoms with E-state index in [1.165, 1.54) is 17.5 Å². The summed E-state index contributed by atoms with van der Waals surface area (Å²) in [4.78, 5) is 16.1. The molecule has 6 heteroatoms. The number of imidazole rings is 2. The summed E-state index contributed by atoms with van der Waals surface area (Å²) in [7, 11) is 0. The van der Waals surface area contributed by atoms with Gasteiger partial charge in [0.05, 0.1) is 24.0 Å². The van der Waals surface area contributed by atoms with E-state index in [0.29, 0.717) is 6.04 Å².